The number of benzene rings is 2. The number of aliphatic hydroxyl groups excluding tert-OH is 1. The van der Waals surface area contributed by atoms with Crippen molar-refractivity contribution in [3.05, 3.63) is 69.5 Å². The quantitative estimate of drug-likeness (QED) is 0.786. The zero-order chi connectivity index (χ0) is 15.2. The van der Waals surface area contributed by atoms with E-state index in [9.17, 15) is 9.50 Å². The Labute approximate surface area is 133 Å². The number of hydrogen-bond acceptors (Lipinski definition) is 2. The normalized spacial score (nSPS) is 12.4. The van der Waals surface area contributed by atoms with Crippen molar-refractivity contribution in [2.75, 3.05) is 13.1 Å². The lowest BCUT2D eigenvalue weighted by molar-refractivity contribution is 0.175. The molecule has 5 heteroatoms. The van der Waals surface area contributed by atoms with Crippen LogP contribution in [-0.2, 0) is 6.42 Å². The minimum atomic E-state index is -0.718. The summed E-state index contributed by atoms with van der Waals surface area (Å²) in [6.45, 7) is 1.06. The molecule has 112 valence electrons. The molecule has 0 radical (unpaired) electrons. The molecule has 2 aromatic rings. The summed E-state index contributed by atoms with van der Waals surface area (Å²) >= 11 is 11.9. The third kappa shape index (κ3) is 4.97. The predicted octanol–water partition coefficient (Wildman–Crippen LogP) is 4.00. The van der Waals surface area contributed by atoms with Crippen molar-refractivity contribution in [3.63, 3.8) is 0 Å². The molecule has 2 nitrogen and oxygen atoms in total. The van der Waals surface area contributed by atoms with Gasteiger partial charge in [-0.3, -0.25) is 0 Å². The zero-order valence-electron chi connectivity index (χ0n) is 11.3. The third-order valence-electron chi connectivity index (χ3n) is 3.16. The SMILES string of the molecule is OC(CNCCc1ccc(F)cc1)c1cc(Cl)ccc1Cl. The first-order chi connectivity index (χ1) is 10.1. The van der Waals surface area contributed by atoms with Crippen LogP contribution >= 0.6 is 23.2 Å². The van der Waals surface area contributed by atoms with Gasteiger partial charge in [0, 0.05) is 22.2 Å². The summed E-state index contributed by atoms with van der Waals surface area (Å²) in [5.74, 6) is -0.238. The Morgan fingerprint density at radius 3 is 2.52 bits per heavy atom. The Morgan fingerprint density at radius 1 is 1.10 bits per heavy atom. The number of nitrogens with one attached hydrogen (secondary N) is 1. The summed E-state index contributed by atoms with van der Waals surface area (Å²) < 4.78 is 12.8. The summed E-state index contributed by atoms with van der Waals surface area (Å²) in [5, 5.41) is 14.3. The molecule has 0 aliphatic carbocycles. The molecule has 1 unspecified atom stereocenters. The molecule has 0 saturated heterocycles. The molecule has 0 spiro atoms. The topological polar surface area (TPSA) is 32.3 Å². The maximum absolute atomic E-state index is 12.8. The molecular formula is C16H16Cl2FNO. The zero-order valence-corrected chi connectivity index (χ0v) is 12.8. The fourth-order valence-corrected chi connectivity index (χ4v) is 2.43. The molecule has 2 N–H and O–H groups in total. The number of hydrogen-bond donors (Lipinski definition) is 2. The maximum atomic E-state index is 12.8. The van der Waals surface area contributed by atoms with Crippen LogP contribution in [0.4, 0.5) is 4.39 Å². The average Bonchev–Trinajstić information content (AvgIpc) is 2.47. The first-order valence-corrected chi connectivity index (χ1v) is 7.40. The van der Waals surface area contributed by atoms with Gasteiger partial charge in [-0.1, -0.05) is 35.3 Å². The number of rotatable bonds is 6. The van der Waals surface area contributed by atoms with E-state index in [1.165, 1.54) is 12.1 Å². The molecule has 2 aromatic carbocycles. The average molecular weight is 328 g/mol. The van der Waals surface area contributed by atoms with Crippen LogP contribution in [0.15, 0.2) is 42.5 Å². The van der Waals surface area contributed by atoms with Crippen LogP contribution in [0.25, 0.3) is 0 Å². The minimum absolute atomic E-state index is 0.238. The lowest BCUT2D eigenvalue weighted by atomic mass is 10.1. The molecular weight excluding hydrogens is 312 g/mol. The second kappa shape index (κ2) is 7.76. The van der Waals surface area contributed by atoms with Gasteiger partial charge in [-0.05, 0) is 48.9 Å². The molecule has 2 rings (SSSR count). The highest BCUT2D eigenvalue weighted by Gasteiger charge is 2.11. The van der Waals surface area contributed by atoms with Crippen LogP contribution in [0.2, 0.25) is 10.0 Å². The molecule has 0 aliphatic heterocycles. The molecule has 0 aliphatic rings. The van der Waals surface area contributed by atoms with Crippen LogP contribution in [0.1, 0.15) is 17.2 Å². The van der Waals surface area contributed by atoms with E-state index in [1.54, 1.807) is 30.3 Å². The van der Waals surface area contributed by atoms with E-state index in [0.29, 0.717) is 28.7 Å². The van der Waals surface area contributed by atoms with Crippen molar-refractivity contribution in [1.82, 2.24) is 5.32 Å². The van der Waals surface area contributed by atoms with Gasteiger partial charge in [0.25, 0.3) is 0 Å². The lowest BCUT2D eigenvalue weighted by Crippen LogP contribution is -2.24. The first kappa shape index (κ1) is 16.2. The second-order valence-corrected chi connectivity index (χ2v) is 5.61. The molecule has 0 saturated carbocycles. The highest BCUT2D eigenvalue weighted by molar-refractivity contribution is 6.33. The highest BCUT2D eigenvalue weighted by Crippen LogP contribution is 2.25. The second-order valence-electron chi connectivity index (χ2n) is 4.76. The van der Waals surface area contributed by atoms with E-state index in [4.69, 9.17) is 23.2 Å². The van der Waals surface area contributed by atoms with E-state index in [2.05, 4.69) is 5.32 Å². The van der Waals surface area contributed by atoms with E-state index in [-0.39, 0.29) is 5.82 Å². The molecule has 0 bridgehead atoms. The number of halogens is 3. The molecule has 21 heavy (non-hydrogen) atoms. The molecule has 0 fully saturated rings. The van der Waals surface area contributed by atoms with Gasteiger partial charge in [0.1, 0.15) is 5.82 Å². The van der Waals surface area contributed by atoms with Crippen molar-refractivity contribution in [2.24, 2.45) is 0 Å². The minimum Gasteiger partial charge on any atom is -0.387 e. The van der Waals surface area contributed by atoms with Gasteiger partial charge in [-0.2, -0.15) is 0 Å². The fraction of sp³-hybridized carbons (Fsp3) is 0.250. The third-order valence-corrected chi connectivity index (χ3v) is 3.74. The van der Waals surface area contributed by atoms with Gasteiger partial charge in [-0.15, -0.1) is 0 Å². The largest absolute Gasteiger partial charge is 0.387 e. The predicted molar refractivity (Wildman–Crippen MR) is 84.4 cm³/mol. The van der Waals surface area contributed by atoms with E-state index < -0.39 is 6.10 Å². The highest BCUT2D eigenvalue weighted by atomic mass is 35.5. The summed E-state index contributed by atoms with van der Waals surface area (Å²) in [4.78, 5) is 0. The van der Waals surface area contributed by atoms with E-state index in [1.807, 2.05) is 0 Å². The molecule has 1 atom stereocenters. The van der Waals surface area contributed by atoms with Crippen LogP contribution in [-0.4, -0.2) is 18.2 Å². The number of aliphatic hydroxyl groups is 1. The van der Waals surface area contributed by atoms with Crippen LogP contribution in [0, 0.1) is 5.82 Å². The lowest BCUT2D eigenvalue weighted by Gasteiger charge is -2.14. The summed E-state index contributed by atoms with van der Waals surface area (Å²) in [7, 11) is 0. The Balaban J connectivity index is 1.80. The van der Waals surface area contributed by atoms with Crippen molar-refractivity contribution in [1.29, 1.82) is 0 Å². The van der Waals surface area contributed by atoms with Crippen molar-refractivity contribution in [2.45, 2.75) is 12.5 Å². The molecule has 0 heterocycles. The van der Waals surface area contributed by atoms with Gasteiger partial charge in [-0.25, -0.2) is 4.39 Å². The Kier molecular flexibility index (Phi) is 6.00. The van der Waals surface area contributed by atoms with Crippen molar-refractivity contribution in [3.8, 4) is 0 Å². The van der Waals surface area contributed by atoms with Gasteiger partial charge in [0.15, 0.2) is 0 Å². The standard InChI is InChI=1S/C16H16Cl2FNO/c17-12-3-6-15(18)14(9-12)16(21)10-20-8-7-11-1-4-13(19)5-2-11/h1-6,9,16,20-21H,7-8,10H2. The molecule has 0 amide bonds. The monoisotopic (exact) mass is 327 g/mol. The Bertz CT molecular complexity index is 589. The van der Waals surface area contributed by atoms with Crippen molar-refractivity contribution >= 4 is 23.2 Å². The van der Waals surface area contributed by atoms with Gasteiger partial charge in [0.05, 0.1) is 6.10 Å². The fourth-order valence-electron chi connectivity index (χ4n) is 2.00. The van der Waals surface area contributed by atoms with Gasteiger partial charge >= 0.3 is 0 Å². The summed E-state index contributed by atoms with van der Waals surface area (Å²) in [6, 6.07) is 11.4. The smallest absolute Gasteiger partial charge is 0.123 e. The summed E-state index contributed by atoms with van der Waals surface area (Å²) in [5.41, 5.74) is 1.65. The van der Waals surface area contributed by atoms with Crippen LogP contribution in [0.3, 0.4) is 0 Å². The van der Waals surface area contributed by atoms with Crippen LogP contribution in [0.5, 0.6) is 0 Å². The summed E-state index contributed by atoms with van der Waals surface area (Å²) in [6.07, 6.45) is 0.0421. The first-order valence-electron chi connectivity index (χ1n) is 6.64. The molecule has 0 aromatic heterocycles. The van der Waals surface area contributed by atoms with Gasteiger partial charge < -0.3 is 10.4 Å². The maximum Gasteiger partial charge on any atom is 0.123 e. The van der Waals surface area contributed by atoms with Gasteiger partial charge in [0.2, 0.25) is 0 Å². The Hall–Kier alpha value is -1.13. The van der Waals surface area contributed by atoms with Crippen molar-refractivity contribution < 1.29 is 9.50 Å². The Morgan fingerprint density at radius 2 is 1.81 bits per heavy atom. The van der Waals surface area contributed by atoms with E-state index >= 15 is 0 Å². The van der Waals surface area contributed by atoms with E-state index in [0.717, 1.165) is 12.0 Å². The van der Waals surface area contributed by atoms with Crippen LogP contribution < -0.4 is 5.32 Å².